The van der Waals surface area contributed by atoms with Gasteiger partial charge >= 0.3 is 6.09 Å². The van der Waals surface area contributed by atoms with E-state index in [4.69, 9.17) is 4.74 Å². The highest BCUT2D eigenvalue weighted by Crippen LogP contribution is 2.52. The molecule has 0 aromatic carbocycles. The molecule has 2 fully saturated rings. The summed E-state index contributed by atoms with van der Waals surface area (Å²) in [5, 5.41) is 11.8. The van der Waals surface area contributed by atoms with Crippen molar-refractivity contribution >= 4 is 12.0 Å². The average Bonchev–Trinajstić information content (AvgIpc) is 2.93. The van der Waals surface area contributed by atoms with Gasteiger partial charge in [-0.2, -0.15) is 0 Å². The minimum Gasteiger partial charge on any atom is -0.444 e. The van der Waals surface area contributed by atoms with E-state index < -0.39 is 24.3 Å². The third kappa shape index (κ3) is 3.62. The molecular weight excluding hydrogens is 260 g/mol. The van der Waals surface area contributed by atoms with E-state index in [1.54, 1.807) is 25.7 Å². The Morgan fingerprint density at radius 3 is 2.45 bits per heavy atom. The number of amides is 2. The first kappa shape index (κ1) is 15.1. The fraction of sp³-hybridized carbons (Fsp3) is 0.857. The summed E-state index contributed by atoms with van der Waals surface area (Å²) >= 11 is 0. The number of aliphatic hydroxyl groups is 1. The zero-order valence-electron chi connectivity index (χ0n) is 12.4. The van der Waals surface area contributed by atoms with Crippen LogP contribution in [0.2, 0.25) is 0 Å². The second-order valence-corrected chi connectivity index (χ2v) is 6.89. The van der Waals surface area contributed by atoms with Crippen molar-refractivity contribution in [3.63, 3.8) is 0 Å². The van der Waals surface area contributed by atoms with Crippen LogP contribution in [-0.2, 0) is 9.53 Å². The van der Waals surface area contributed by atoms with Gasteiger partial charge in [-0.1, -0.05) is 0 Å². The van der Waals surface area contributed by atoms with Gasteiger partial charge in [-0.15, -0.1) is 0 Å². The summed E-state index contributed by atoms with van der Waals surface area (Å²) in [6.45, 7) is 6.30. The molecule has 2 rings (SSSR count). The third-order valence-electron chi connectivity index (χ3n) is 3.88. The normalized spacial score (nSPS) is 21.7. The summed E-state index contributed by atoms with van der Waals surface area (Å²) in [4.78, 5) is 25.7. The molecule has 2 N–H and O–H groups in total. The predicted octanol–water partition coefficient (Wildman–Crippen LogP) is 0.884. The van der Waals surface area contributed by atoms with Crippen LogP contribution in [0, 0.1) is 5.41 Å². The monoisotopic (exact) mass is 284 g/mol. The third-order valence-corrected chi connectivity index (χ3v) is 3.88. The van der Waals surface area contributed by atoms with Crippen LogP contribution in [0.3, 0.4) is 0 Å². The summed E-state index contributed by atoms with van der Waals surface area (Å²) in [5.74, 6) is -0.220. The van der Waals surface area contributed by atoms with E-state index in [-0.39, 0.29) is 5.91 Å². The van der Waals surface area contributed by atoms with Crippen molar-refractivity contribution < 1.29 is 19.4 Å². The van der Waals surface area contributed by atoms with E-state index in [0.717, 1.165) is 13.0 Å². The van der Waals surface area contributed by atoms with Gasteiger partial charge in [-0.3, -0.25) is 4.79 Å². The minimum atomic E-state index is -0.918. The Hall–Kier alpha value is -1.30. The van der Waals surface area contributed by atoms with Crippen LogP contribution in [0.1, 0.15) is 40.0 Å². The molecule has 1 heterocycles. The van der Waals surface area contributed by atoms with Gasteiger partial charge in [0.15, 0.2) is 0 Å². The van der Waals surface area contributed by atoms with Gasteiger partial charge in [0.2, 0.25) is 5.91 Å². The molecule has 6 nitrogen and oxygen atoms in total. The molecule has 2 amide bonds. The number of nitrogens with one attached hydrogen (secondary N) is 1. The zero-order valence-corrected chi connectivity index (χ0v) is 12.4. The van der Waals surface area contributed by atoms with Crippen LogP contribution in [0.4, 0.5) is 4.79 Å². The summed E-state index contributed by atoms with van der Waals surface area (Å²) in [6, 6.07) is -0.918. The number of likely N-dealkylation sites (tertiary alicyclic amines) is 1. The topological polar surface area (TPSA) is 78.9 Å². The number of ether oxygens (including phenoxy) is 1. The summed E-state index contributed by atoms with van der Waals surface area (Å²) in [5.41, 5.74) is -0.291. The maximum Gasteiger partial charge on any atom is 0.408 e. The molecule has 1 saturated heterocycles. The lowest BCUT2D eigenvalue weighted by molar-refractivity contribution is -0.133. The van der Waals surface area contributed by atoms with Crippen molar-refractivity contribution in [2.75, 3.05) is 19.7 Å². The van der Waals surface area contributed by atoms with Gasteiger partial charge in [0.1, 0.15) is 11.6 Å². The Balaban J connectivity index is 1.87. The molecule has 2 aliphatic rings. The zero-order chi connectivity index (χ0) is 15.0. The molecule has 0 bridgehead atoms. The van der Waals surface area contributed by atoms with Crippen molar-refractivity contribution in [1.29, 1.82) is 0 Å². The Kier molecular flexibility index (Phi) is 3.95. The van der Waals surface area contributed by atoms with Crippen molar-refractivity contribution in [2.24, 2.45) is 5.41 Å². The molecule has 1 aliphatic heterocycles. The van der Waals surface area contributed by atoms with Gasteiger partial charge in [-0.05, 0) is 45.4 Å². The Morgan fingerprint density at radius 2 is 2.00 bits per heavy atom. The van der Waals surface area contributed by atoms with E-state index in [0.29, 0.717) is 12.0 Å². The lowest BCUT2D eigenvalue weighted by atomic mass is 10.1. The van der Waals surface area contributed by atoms with Gasteiger partial charge in [-0.25, -0.2) is 4.79 Å². The molecule has 1 saturated carbocycles. The van der Waals surface area contributed by atoms with Crippen LogP contribution >= 0.6 is 0 Å². The van der Waals surface area contributed by atoms with Crippen LogP contribution in [0.25, 0.3) is 0 Å². The van der Waals surface area contributed by atoms with Crippen molar-refractivity contribution in [2.45, 2.75) is 51.7 Å². The number of rotatable bonds is 3. The lowest BCUT2D eigenvalue weighted by Gasteiger charge is -2.25. The van der Waals surface area contributed by atoms with Crippen molar-refractivity contribution in [3.05, 3.63) is 0 Å². The second kappa shape index (κ2) is 5.24. The van der Waals surface area contributed by atoms with Crippen molar-refractivity contribution in [1.82, 2.24) is 10.2 Å². The molecule has 0 unspecified atom stereocenters. The van der Waals surface area contributed by atoms with Gasteiger partial charge in [0.05, 0.1) is 6.61 Å². The molecular formula is C14H24N2O4. The van der Waals surface area contributed by atoms with E-state index in [9.17, 15) is 14.7 Å². The SMILES string of the molecule is CC(C)(C)OC(=O)N[C@H](CO)C(=O)N1CCC2(CC2)C1. The Morgan fingerprint density at radius 1 is 1.35 bits per heavy atom. The summed E-state index contributed by atoms with van der Waals surface area (Å²) < 4.78 is 5.10. The molecule has 20 heavy (non-hydrogen) atoms. The number of nitrogens with zero attached hydrogens (tertiary/aromatic N) is 1. The summed E-state index contributed by atoms with van der Waals surface area (Å²) in [7, 11) is 0. The molecule has 0 radical (unpaired) electrons. The number of carbonyl (C=O) groups is 2. The van der Waals surface area contributed by atoms with E-state index >= 15 is 0 Å². The molecule has 6 heteroatoms. The van der Waals surface area contributed by atoms with Gasteiger partial charge < -0.3 is 20.1 Å². The quantitative estimate of drug-likeness (QED) is 0.806. The van der Waals surface area contributed by atoms with Crippen LogP contribution in [0.15, 0.2) is 0 Å². The molecule has 1 atom stereocenters. The first-order chi connectivity index (χ1) is 9.25. The van der Waals surface area contributed by atoms with E-state index in [2.05, 4.69) is 5.32 Å². The van der Waals surface area contributed by atoms with Crippen LogP contribution in [0.5, 0.6) is 0 Å². The number of alkyl carbamates (subject to hydrolysis) is 1. The van der Waals surface area contributed by atoms with Crippen molar-refractivity contribution in [3.8, 4) is 0 Å². The maximum absolute atomic E-state index is 12.3. The number of aliphatic hydroxyl groups excluding tert-OH is 1. The Labute approximate surface area is 119 Å². The fourth-order valence-electron chi connectivity index (χ4n) is 2.56. The predicted molar refractivity (Wildman–Crippen MR) is 73.1 cm³/mol. The summed E-state index contributed by atoms with van der Waals surface area (Å²) in [6.07, 6.45) is 2.72. The second-order valence-electron chi connectivity index (χ2n) is 6.89. The largest absolute Gasteiger partial charge is 0.444 e. The molecule has 1 spiro atoms. The molecule has 114 valence electrons. The first-order valence-electron chi connectivity index (χ1n) is 7.14. The van der Waals surface area contributed by atoms with Gasteiger partial charge in [0.25, 0.3) is 0 Å². The Bertz CT molecular complexity index is 398. The smallest absolute Gasteiger partial charge is 0.408 e. The highest BCUT2D eigenvalue weighted by atomic mass is 16.6. The van der Waals surface area contributed by atoms with E-state index in [1.807, 2.05) is 0 Å². The average molecular weight is 284 g/mol. The lowest BCUT2D eigenvalue weighted by Crippen LogP contribution is -2.51. The van der Waals surface area contributed by atoms with Crippen LogP contribution in [-0.4, -0.2) is 53.3 Å². The maximum atomic E-state index is 12.3. The highest BCUT2D eigenvalue weighted by molar-refractivity contribution is 5.86. The molecule has 0 aromatic heterocycles. The van der Waals surface area contributed by atoms with Gasteiger partial charge in [0, 0.05) is 13.1 Å². The minimum absolute atomic E-state index is 0.220. The number of carbonyl (C=O) groups excluding carboxylic acids is 2. The highest BCUT2D eigenvalue weighted by Gasteiger charge is 2.49. The van der Waals surface area contributed by atoms with Crippen LogP contribution < -0.4 is 5.32 Å². The fourth-order valence-corrected chi connectivity index (χ4v) is 2.56. The first-order valence-corrected chi connectivity index (χ1v) is 7.14. The molecule has 0 aromatic rings. The number of hydrogen-bond donors (Lipinski definition) is 2. The molecule has 1 aliphatic carbocycles. The van der Waals surface area contributed by atoms with E-state index in [1.165, 1.54) is 12.8 Å². The standard InChI is InChI=1S/C14H24N2O4/c1-13(2,3)20-12(19)15-10(8-17)11(18)16-7-6-14(9-16)4-5-14/h10,17H,4-9H2,1-3H3,(H,15,19)/t10-/m1/s1. The number of hydrogen-bond acceptors (Lipinski definition) is 4.